The normalized spacial score (nSPS) is 12.2. The van der Waals surface area contributed by atoms with Gasteiger partial charge in [0.05, 0.1) is 11.4 Å². The second-order valence-corrected chi connectivity index (χ2v) is 10.7. The molecule has 0 atom stereocenters. The van der Waals surface area contributed by atoms with Crippen molar-refractivity contribution in [1.29, 1.82) is 0 Å². The summed E-state index contributed by atoms with van der Waals surface area (Å²) in [6.07, 6.45) is 1.85. The van der Waals surface area contributed by atoms with Gasteiger partial charge in [-0.15, -0.1) is 12.4 Å². The van der Waals surface area contributed by atoms with E-state index in [-0.39, 0.29) is 42.1 Å². The number of fused-ring (bicyclic) bond motifs is 1. The highest BCUT2D eigenvalue weighted by Gasteiger charge is 2.20. The predicted octanol–water partition coefficient (Wildman–Crippen LogP) is 3.73. The average Bonchev–Trinajstić information content (AvgIpc) is 3.04. The molecular weight excluding hydrogens is 491 g/mol. The minimum absolute atomic E-state index is 0. The molecule has 190 valence electrons. The van der Waals surface area contributed by atoms with E-state index >= 15 is 0 Å². The van der Waals surface area contributed by atoms with Crippen LogP contribution in [0, 0.1) is 6.92 Å². The number of carbonyl (C=O) groups excluding carboxylic acids is 1. The van der Waals surface area contributed by atoms with E-state index in [4.69, 9.17) is 5.73 Å². The Bertz CT molecular complexity index is 1350. The van der Waals surface area contributed by atoms with E-state index in [2.05, 4.69) is 0 Å². The minimum Gasteiger partial charge on any atom is -0.345 e. The number of carbonyl (C=O) groups is 1. The number of sulfonamides is 1. The molecule has 0 saturated heterocycles. The van der Waals surface area contributed by atoms with Gasteiger partial charge in [-0.2, -0.15) is 0 Å². The molecule has 1 amide bonds. The SMILES string of the molecule is Cc1c(Cc2ccc(S(=O)(=O)N(C)C)cc2)c2cc(C(=O)N(C)C)ccc2n1C/C(F)=C/CN.Cl. The Labute approximate surface area is 212 Å². The lowest BCUT2D eigenvalue weighted by Gasteiger charge is -2.12. The fraction of sp³-hybridized carbons (Fsp3) is 0.320. The first-order valence-corrected chi connectivity index (χ1v) is 12.3. The molecule has 0 aliphatic heterocycles. The number of nitrogens with two attached hydrogens (primary N) is 1. The second-order valence-electron chi connectivity index (χ2n) is 8.58. The topological polar surface area (TPSA) is 88.6 Å². The van der Waals surface area contributed by atoms with Gasteiger partial charge in [-0.25, -0.2) is 17.1 Å². The number of halogens is 2. The van der Waals surface area contributed by atoms with Gasteiger partial charge < -0.3 is 15.2 Å². The summed E-state index contributed by atoms with van der Waals surface area (Å²) in [5.74, 6) is -0.452. The van der Waals surface area contributed by atoms with Gasteiger partial charge in [-0.1, -0.05) is 12.1 Å². The number of allylic oxidation sites excluding steroid dienone is 1. The summed E-state index contributed by atoms with van der Waals surface area (Å²) in [7, 11) is 2.86. The highest BCUT2D eigenvalue weighted by Crippen LogP contribution is 2.30. The maximum Gasteiger partial charge on any atom is 0.253 e. The van der Waals surface area contributed by atoms with Crippen LogP contribution in [0.2, 0.25) is 0 Å². The molecule has 7 nitrogen and oxygen atoms in total. The van der Waals surface area contributed by atoms with E-state index in [1.54, 1.807) is 44.4 Å². The third-order valence-corrected chi connectivity index (χ3v) is 7.67. The summed E-state index contributed by atoms with van der Waals surface area (Å²) >= 11 is 0. The molecule has 0 saturated carbocycles. The fourth-order valence-electron chi connectivity index (χ4n) is 3.91. The predicted molar refractivity (Wildman–Crippen MR) is 140 cm³/mol. The zero-order valence-electron chi connectivity index (χ0n) is 20.6. The van der Waals surface area contributed by atoms with Crippen LogP contribution in [0.15, 0.2) is 59.3 Å². The summed E-state index contributed by atoms with van der Waals surface area (Å²) in [6.45, 7) is 2.07. The van der Waals surface area contributed by atoms with Crippen molar-refractivity contribution in [3.63, 3.8) is 0 Å². The highest BCUT2D eigenvalue weighted by molar-refractivity contribution is 7.89. The number of nitrogens with zero attached hydrogens (tertiary/aromatic N) is 3. The smallest absolute Gasteiger partial charge is 0.253 e. The molecule has 0 fully saturated rings. The van der Waals surface area contributed by atoms with Gasteiger partial charge in [0.2, 0.25) is 10.0 Å². The summed E-state index contributed by atoms with van der Waals surface area (Å²) < 4.78 is 42.2. The van der Waals surface area contributed by atoms with E-state index in [0.717, 1.165) is 27.7 Å². The van der Waals surface area contributed by atoms with Crippen LogP contribution in [0.4, 0.5) is 4.39 Å². The van der Waals surface area contributed by atoms with Crippen LogP contribution in [0.3, 0.4) is 0 Å². The lowest BCUT2D eigenvalue weighted by molar-refractivity contribution is 0.0827. The molecule has 0 aliphatic rings. The molecule has 3 rings (SSSR count). The van der Waals surface area contributed by atoms with Crippen molar-refractivity contribution in [2.75, 3.05) is 34.7 Å². The first-order chi connectivity index (χ1) is 16.0. The molecule has 3 aromatic rings. The van der Waals surface area contributed by atoms with E-state index in [1.807, 2.05) is 23.6 Å². The molecule has 2 N–H and O–H groups in total. The van der Waals surface area contributed by atoms with Crippen molar-refractivity contribution in [1.82, 2.24) is 13.8 Å². The summed E-state index contributed by atoms with van der Waals surface area (Å²) in [4.78, 5) is 14.3. The lowest BCUT2D eigenvalue weighted by Crippen LogP contribution is -2.22. The molecule has 1 heterocycles. The Kier molecular flexibility index (Phi) is 9.24. The van der Waals surface area contributed by atoms with Gasteiger partial charge in [0.25, 0.3) is 5.91 Å². The first kappa shape index (κ1) is 28.5. The Morgan fingerprint density at radius 2 is 1.71 bits per heavy atom. The number of aromatic nitrogens is 1. The second kappa shape index (κ2) is 11.3. The van der Waals surface area contributed by atoms with Crippen molar-refractivity contribution in [2.45, 2.75) is 24.8 Å². The largest absolute Gasteiger partial charge is 0.345 e. The van der Waals surface area contributed by atoms with Gasteiger partial charge in [-0.3, -0.25) is 4.79 Å². The average molecular weight is 523 g/mol. The maximum absolute atomic E-state index is 14.4. The van der Waals surface area contributed by atoms with Gasteiger partial charge >= 0.3 is 0 Å². The molecule has 0 aliphatic carbocycles. The number of benzene rings is 2. The van der Waals surface area contributed by atoms with E-state index in [1.165, 1.54) is 29.4 Å². The lowest BCUT2D eigenvalue weighted by atomic mass is 10.0. The first-order valence-electron chi connectivity index (χ1n) is 10.9. The Morgan fingerprint density at radius 3 is 2.26 bits per heavy atom. The molecule has 0 unspecified atom stereocenters. The number of hydrogen-bond donors (Lipinski definition) is 1. The summed E-state index contributed by atoms with van der Waals surface area (Å²) in [5, 5.41) is 0.857. The summed E-state index contributed by atoms with van der Waals surface area (Å²) in [5.41, 5.74) is 9.55. The van der Waals surface area contributed by atoms with E-state index in [0.29, 0.717) is 12.0 Å². The van der Waals surface area contributed by atoms with Gasteiger partial charge in [0.15, 0.2) is 0 Å². The van der Waals surface area contributed by atoms with Crippen LogP contribution < -0.4 is 5.73 Å². The van der Waals surface area contributed by atoms with Crippen LogP contribution in [-0.4, -0.2) is 62.8 Å². The molecule has 1 aromatic heterocycles. The van der Waals surface area contributed by atoms with Gasteiger partial charge in [0.1, 0.15) is 5.83 Å². The van der Waals surface area contributed by atoms with E-state index in [9.17, 15) is 17.6 Å². The quantitative estimate of drug-likeness (QED) is 0.488. The molecule has 35 heavy (non-hydrogen) atoms. The Hall–Kier alpha value is -2.72. The maximum atomic E-state index is 14.4. The minimum atomic E-state index is -3.52. The Balaban J connectivity index is 0.00000432. The zero-order chi connectivity index (χ0) is 25.2. The number of hydrogen-bond acceptors (Lipinski definition) is 4. The third-order valence-electron chi connectivity index (χ3n) is 5.84. The third kappa shape index (κ3) is 5.92. The molecule has 0 bridgehead atoms. The van der Waals surface area contributed by atoms with Crippen LogP contribution in [0.5, 0.6) is 0 Å². The molecule has 2 aromatic carbocycles. The Morgan fingerprint density at radius 1 is 1.09 bits per heavy atom. The zero-order valence-corrected chi connectivity index (χ0v) is 22.2. The standard InChI is InChI=1S/C25H31FN4O3S.ClH/c1-17-22(14-18-6-9-21(10-7-18)34(32,33)29(4)5)23-15-19(25(31)28(2)3)8-11-24(23)30(17)16-20(26)12-13-27;/h6-12,15H,13-14,16,27H2,1-5H3;1H/b20-12-;. The van der Waals surface area contributed by atoms with Crippen LogP contribution in [-0.2, 0) is 23.0 Å². The highest BCUT2D eigenvalue weighted by atomic mass is 35.5. The van der Waals surface area contributed by atoms with Crippen LogP contribution in [0.1, 0.15) is 27.2 Å². The van der Waals surface area contributed by atoms with Crippen molar-refractivity contribution in [3.05, 3.63) is 76.8 Å². The number of rotatable bonds is 8. The summed E-state index contributed by atoms with van der Waals surface area (Å²) in [6, 6.07) is 12.2. The van der Waals surface area contributed by atoms with Crippen LogP contribution >= 0.6 is 12.4 Å². The van der Waals surface area contributed by atoms with Crippen LogP contribution in [0.25, 0.3) is 10.9 Å². The van der Waals surface area contributed by atoms with Crippen molar-refractivity contribution in [3.8, 4) is 0 Å². The molecular formula is C25H32ClFN4O3S. The van der Waals surface area contributed by atoms with Gasteiger partial charge in [-0.05, 0) is 60.9 Å². The van der Waals surface area contributed by atoms with Crippen molar-refractivity contribution in [2.24, 2.45) is 5.73 Å². The number of amides is 1. The van der Waals surface area contributed by atoms with Crippen molar-refractivity contribution < 1.29 is 17.6 Å². The van der Waals surface area contributed by atoms with E-state index < -0.39 is 10.0 Å². The molecule has 10 heteroatoms. The monoisotopic (exact) mass is 522 g/mol. The van der Waals surface area contributed by atoms with Crippen molar-refractivity contribution >= 4 is 39.2 Å². The fourth-order valence-corrected chi connectivity index (χ4v) is 4.81. The molecule has 0 radical (unpaired) electrons. The molecule has 0 spiro atoms. The van der Waals surface area contributed by atoms with Gasteiger partial charge in [0, 0.05) is 56.9 Å².